The standard InChI is InChI=1S/C48H29N.C42H25N.C38H23N/c1-2-16-33(17-3-1)49-42-24-11-10-20-36(42)41-29-32(26-28-43(41)49)44-45-35-19-7-5-14-31(35)25-27-40(45)48-46(38-21-8-9-22-39(38)47(44)48)37-23-12-15-30-13-4-6-18-34(30)37;1-3-13-28-25(10-1)12-9-18-31(28)40-32-16-5-6-17-33(32)41-38(39-29-14-4-2-11-26(29)20-22-34(39)42(40)41)27-21-23-37-35(24-27)30-15-7-8-19-36(30)43-37;1-4-14-26-23(10-1)13-9-18-28(26)35-29-16-6-7-17-30(29)36-37(35)31-21-20-24-11-2-5-15-27(24)34(31)38(36)33-22-25-12-3-8-19-32(25)39-33/h1-29H;1-24,43H;1-21H,22H2. The van der Waals surface area contributed by atoms with Gasteiger partial charge in [0.15, 0.2) is 0 Å². The fraction of sp³-hybridized carbons (Fsp3) is 0.00781. The van der Waals surface area contributed by atoms with Crippen LogP contribution in [0.1, 0.15) is 100 Å². The van der Waals surface area contributed by atoms with Crippen LogP contribution >= 0.6 is 0 Å². The number of aliphatic imine (C=N–C) groups is 1. The number of H-pyrrole nitrogens is 1. The van der Waals surface area contributed by atoms with Gasteiger partial charge < -0.3 is 9.55 Å². The zero-order chi connectivity index (χ0) is 85.6. The normalized spacial score (nSPS) is 14.1. The molecule has 0 saturated heterocycles. The molecule has 0 atom stereocenters. The minimum absolute atomic E-state index is 0.858. The Morgan fingerprint density at radius 3 is 1.00 bits per heavy atom. The highest BCUT2D eigenvalue weighted by Crippen LogP contribution is 2.65. The lowest BCUT2D eigenvalue weighted by molar-refractivity contribution is 1.18. The van der Waals surface area contributed by atoms with Gasteiger partial charge in [0.25, 0.3) is 0 Å². The Balaban J connectivity index is 0.0000000992. The lowest BCUT2D eigenvalue weighted by Crippen LogP contribution is -2.03. The van der Waals surface area contributed by atoms with Crippen molar-refractivity contribution in [1.29, 1.82) is 0 Å². The monoisotopic (exact) mass is 1660 g/mol. The third-order valence-corrected chi connectivity index (χ3v) is 28.8. The Hall–Kier alpha value is -17.1. The molecular weight excluding hydrogens is 1580 g/mol. The number of hydrogen-bond acceptors (Lipinski definition) is 1. The van der Waals surface area contributed by atoms with Gasteiger partial charge in [0, 0.05) is 55.8 Å². The van der Waals surface area contributed by atoms with Crippen molar-refractivity contribution in [2.24, 2.45) is 4.99 Å². The number of aromatic nitrogens is 2. The van der Waals surface area contributed by atoms with Crippen LogP contribution in [0, 0.1) is 0 Å². The lowest BCUT2D eigenvalue weighted by atomic mass is 9.88. The fourth-order valence-electron chi connectivity index (χ4n) is 23.5. The second kappa shape index (κ2) is 28.7. The van der Waals surface area contributed by atoms with Crippen molar-refractivity contribution in [2.45, 2.75) is 6.42 Å². The van der Waals surface area contributed by atoms with Crippen LogP contribution in [0.2, 0.25) is 0 Å². The zero-order valence-corrected chi connectivity index (χ0v) is 71.3. The molecule has 3 heteroatoms. The Bertz CT molecular complexity index is 9280. The first-order chi connectivity index (χ1) is 65.1. The number of benzene rings is 21. The van der Waals surface area contributed by atoms with Crippen LogP contribution in [0.25, 0.3) is 181 Å². The van der Waals surface area contributed by atoms with Gasteiger partial charge in [0.2, 0.25) is 0 Å². The summed E-state index contributed by atoms with van der Waals surface area (Å²) in [5.41, 5.74) is 47.8. The first-order valence-corrected chi connectivity index (χ1v) is 45.6. The third kappa shape index (κ3) is 10.8. The molecule has 30 rings (SSSR count). The lowest BCUT2D eigenvalue weighted by Gasteiger charge is -2.15. The van der Waals surface area contributed by atoms with E-state index < -0.39 is 0 Å². The number of aromatic amines is 1. The van der Waals surface area contributed by atoms with E-state index in [1.54, 1.807) is 0 Å². The summed E-state index contributed by atoms with van der Waals surface area (Å²) >= 11 is 0. The predicted octanol–water partition coefficient (Wildman–Crippen LogP) is 32.7. The summed E-state index contributed by atoms with van der Waals surface area (Å²) in [6.07, 6.45) is 0.858. The van der Waals surface area contributed by atoms with E-state index in [1.807, 2.05) is 0 Å². The molecule has 131 heavy (non-hydrogen) atoms. The average Bonchev–Trinajstić information content (AvgIpc) is 1.54. The molecule has 7 aliphatic rings. The molecule has 23 aromatic rings. The smallest absolute Gasteiger partial charge is 0.0669 e. The maximum atomic E-state index is 5.26. The number of nitrogens with zero attached hydrogens (tertiary/aromatic N) is 2. The second-order valence-electron chi connectivity index (χ2n) is 35.6. The first kappa shape index (κ1) is 73.1. The van der Waals surface area contributed by atoms with Crippen molar-refractivity contribution < 1.29 is 0 Å². The van der Waals surface area contributed by atoms with Crippen LogP contribution in [0.15, 0.2) is 454 Å². The number of rotatable bonds is 7. The van der Waals surface area contributed by atoms with Crippen LogP contribution in [0.3, 0.4) is 0 Å². The van der Waals surface area contributed by atoms with E-state index in [0.717, 1.165) is 12.1 Å². The van der Waals surface area contributed by atoms with Gasteiger partial charge in [-0.05, 0) is 275 Å². The maximum Gasteiger partial charge on any atom is 0.0669 e. The molecule has 0 fully saturated rings. The van der Waals surface area contributed by atoms with Gasteiger partial charge in [0.05, 0.1) is 22.4 Å². The van der Waals surface area contributed by atoms with Crippen LogP contribution in [-0.2, 0) is 6.42 Å². The van der Waals surface area contributed by atoms with E-state index >= 15 is 0 Å². The molecule has 3 nitrogen and oxygen atoms in total. The number of hydrogen-bond donors (Lipinski definition) is 1. The van der Waals surface area contributed by atoms with Gasteiger partial charge in [-0.1, -0.05) is 394 Å². The third-order valence-electron chi connectivity index (χ3n) is 28.8. The van der Waals surface area contributed by atoms with Crippen molar-refractivity contribution in [3.8, 4) is 5.69 Å². The average molecular weight is 1660 g/mol. The number of allylic oxidation sites excluding steroid dienone is 7. The summed E-state index contributed by atoms with van der Waals surface area (Å²) in [5, 5.41) is 20.4. The van der Waals surface area contributed by atoms with Crippen molar-refractivity contribution in [3.05, 3.63) is 549 Å². The number of fused-ring (bicyclic) bond motifs is 31. The molecule has 1 aliphatic heterocycles. The van der Waals surface area contributed by atoms with E-state index in [0.29, 0.717) is 0 Å². The van der Waals surface area contributed by atoms with Crippen LogP contribution in [0.4, 0.5) is 5.69 Å². The summed E-state index contributed by atoms with van der Waals surface area (Å²) < 4.78 is 2.40. The van der Waals surface area contributed by atoms with Gasteiger partial charge in [-0.15, -0.1) is 0 Å². The van der Waals surface area contributed by atoms with E-state index in [9.17, 15) is 0 Å². The minimum Gasteiger partial charge on any atom is -0.355 e. The molecule has 21 aromatic carbocycles. The summed E-state index contributed by atoms with van der Waals surface area (Å²) in [7, 11) is 0. The Kier molecular flexibility index (Phi) is 16.0. The minimum atomic E-state index is 0.858. The van der Waals surface area contributed by atoms with Gasteiger partial charge in [-0.3, -0.25) is 4.99 Å². The largest absolute Gasteiger partial charge is 0.355 e. The van der Waals surface area contributed by atoms with E-state index in [2.05, 4.69) is 458 Å². The predicted molar refractivity (Wildman–Crippen MR) is 553 cm³/mol. The molecule has 0 bridgehead atoms. The van der Waals surface area contributed by atoms with E-state index in [4.69, 9.17) is 4.99 Å². The van der Waals surface area contributed by atoms with Crippen LogP contribution in [-0.4, -0.2) is 15.3 Å². The highest BCUT2D eigenvalue weighted by molar-refractivity contribution is 6.49. The van der Waals surface area contributed by atoms with Crippen LogP contribution in [0.5, 0.6) is 0 Å². The highest BCUT2D eigenvalue weighted by Gasteiger charge is 2.44. The van der Waals surface area contributed by atoms with Gasteiger partial charge in [-0.2, -0.15) is 0 Å². The van der Waals surface area contributed by atoms with E-state index in [-0.39, 0.29) is 0 Å². The summed E-state index contributed by atoms with van der Waals surface area (Å²) in [5.74, 6) is 0. The highest BCUT2D eigenvalue weighted by atomic mass is 15.0. The number of para-hydroxylation sites is 4. The molecule has 2 aromatic heterocycles. The van der Waals surface area contributed by atoms with Gasteiger partial charge >= 0.3 is 0 Å². The van der Waals surface area contributed by atoms with Gasteiger partial charge in [-0.25, -0.2) is 0 Å². The maximum absolute atomic E-state index is 5.26. The quantitative estimate of drug-likeness (QED) is 0.165. The molecule has 0 saturated carbocycles. The molecule has 1 N–H and O–H groups in total. The summed E-state index contributed by atoms with van der Waals surface area (Å²) in [6, 6.07) is 165. The van der Waals surface area contributed by atoms with Crippen molar-refractivity contribution in [3.63, 3.8) is 0 Å². The topological polar surface area (TPSA) is 33.1 Å². The van der Waals surface area contributed by atoms with E-state index in [1.165, 1.54) is 287 Å². The molecular formula is C128H77N3. The molecule has 0 unspecified atom stereocenters. The van der Waals surface area contributed by atoms with Crippen molar-refractivity contribution >= 4 is 187 Å². The second-order valence-corrected chi connectivity index (χ2v) is 35.6. The Labute approximate surface area is 756 Å². The SMILES string of the molecule is c1ccc(-n2c3ccccc3c3cc(C4=C5C(=C(c6cccc7ccccc67)c6ccccc65)c5ccc6ccccc6c54)ccc32)cc1.c1ccc2c(c1)C1=C(c3ccc4[nH]c5ccccc5c4c3)c3c(ccc4ccccc34)C1=C2c1cccc2ccccc12.c1ccc2c(c1)CC(C1=C3C(=C(c4cccc5ccccc45)c4ccccc43)c3ccc4ccccc4c31)=N2. The van der Waals surface area contributed by atoms with Gasteiger partial charge in [0.1, 0.15) is 0 Å². The summed E-state index contributed by atoms with van der Waals surface area (Å²) in [4.78, 5) is 8.88. The molecule has 604 valence electrons. The zero-order valence-electron chi connectivity index (χ0n) is 71.3. The molecule has 0 spiro atoms. The molecule has 6 aliphatic carbocycles. The van der Waals surface area contributed by atoms with Crippen molar-refractivity contribution in [2.75, 3.05) is 0 Å². The van der Waals surface area contributed by atoms with Crippen molar-refractivity contribution in [1.82, 2.24) is 9.55 Å². The fourth-order valence-corrected chi connectivity index (χ4v) is 23.5. The molecule has 3 heterocycles. The molecule has 0 amide bonds. The Morgan fingerprint density at radius 1 is 0.191 bits per heavy atom. The summed E-state index contributed by atoms with van der Waals surface area (Å²) in [6.45, 7) is 0. The Morgan fingerprint density at radius 2 is 0.519 bits per heavy atom. The first-order valence-electron chi connectivity index (χ1n) is 45.6. The number of nitrogens with one attached hydrogen (secondary N) is 1. The molecule has 0 radical (unpaired) electrons. The van der Waals surface area contributed by atoms with Crippen LogP contribution < -0.4 is 0 Å².